The van der Waals surface area contributed by atoms with E-state index in [2.05, 4.69) is 9.44 Å². The lowest BCUT2D eigenvalue weighted by atomic mass is 10.2. The Kier molecular flexibility index (Phi) is 3.85. The van der Waals surface area contributed by atoms with E-state index in [1.54, 1.807) is 12.1 Å². The van der Waals surface area contributed by atoms with Crippen LogP contribution < -0.4 is 0 Å². The Labute approximate surface area is 89.7 Å². The van der Waals surface area contributed by atoms with Crippen molar-refractivity contribution in [1.82, 2.24) is 0 Å². The zero-order valence-electron chi connectivity index (χ0n) is 8.67. The van der Waals surface area contributed by atoms with Crippen molar-refractivity contribution in [2.75, 3.05) is 0 Å². The molecule has 0 aliphatic rings. The molecule has 1 aromatic rings. The lowest BCUT2D eigenvalue weighted by Gasteiger charge is -2.00. The maximum Gasteiger partial charge on any atom is 0.358 e. The van der Waals surface area contributed by atoms with E-state index in [0.29, 0.717) is 6.42 Å². The van der Waals surface area contributed by atoms with Crippen LogP contribution in [0.3, 0.4) is 0 Å². The molecule has 0 saturated heterocycles. The van der Waals surface area contributed by atoms with E-state index in [4.69, 9.17) is 0 Å². The second kappa shape index (κ2) is 4.93. The van der Waals surface area contributed by atoms with Gasteiger partial charge in [0, 0.05) is 6.21 Å². The lowest BCUT2D eigenvalue weighted by molar-refractivity contribution is 0.340. The maximum atomic E-state index is 11.5. The van der Waals surface area contributed by atoms with Gasteiger partial charge >= 0.3 is 10.1 Å². The Morgan fingerprint density at radius 3 is 2.47 bits per heavy atom. The molecule has 1 aromatic carbocycles. The second-order valence-corrected chi connectivity index (χ2v) is 4.57. The van der Waals surface area contributed by atoms with Crippen LogP contribution >= 0.6 is 0 Å². The average Bonchev–Trinajstić information content (AvgIpc) is 2.18. The molecule has 0 atom stereocenters. The van der Waals surface area contributed by atoms with Crippen LogP contribution in [0.2, 0.25) is 0 Å². The minimum Gasteiger partial charge on any atom is -0.265 e. The first-order valence-corrected chi connectivity index (χ1v) is 5.99. The topological polar surface area (TPSA) is 55.7 Å². The summed E-state index contributed by atoms with van der Waals surface area (Å²) >= 11 is 0. The summed E-state index contributed by atoms with van der Waals surface area (Å²) in [6.07, 6.45) is 2.02. The number of rotatable bonds is 4. The summed E-state index contributed by atoms with van der Waals surface area (Å²) in [4.78, 5) is 0.112. The number of nitrogens with zero attached hydrogens (tertiary/aromatic N) is 1. The first-order valence-electron chi connectivity index (χ1n) is 4.58. The number of oxime groups is 1. The summed E-state index contributed by atoms with van der Waals surface area (Å²) in [5, 5.41) is 3.35. The van der Waals surface area contributed by atoms with E-state index in [0.717, 1.165) is 5.56 Å². The largest absolute Gasteiger partial charge is 0.358 e. The Bertz CT molecular complexity index is 434. The second-order valence-electron chi connectivity index (χ2n) is 3.04. The van der Waals surface area contributed by atoms with Gasteiger partial charge in [0.15, 0.2) is 0 Å². The van der Waals surface area contributed by atoms with Crippen molar-refractivity contribution >= 4 is 16.3 Å². The van der Waals surface area contributed by atoms with Crippen LogP contribution in [0, 0.1) is 6.92 Å². The van der Waals surface area contributed by atoms with Crippen molar-refractivity contribution in [3.63, 3.8) is 0 Å². The third-order valence-electron chi connectivity index (χ3n) is 1.71. The molecule has 0 radical (unpaired) electrons. The first-order chi connectivity index (χ1) is 7.06. The molecule has 0 fully saturated rings. The molecule has 0 heterocycles. The van der Waals surface area contributed by atoms with E-state index in [1.165, 1.54) is 18.3 Å². The summed E-state index contributed by atoms with van der Waals surface area (Å²) in [6, 6.07) is 6.40. The molecule has 82 valence electrons. The highest BCUT2D eigenvalue weighted by molar-refractivity contribution is 7.86. The third kappa shape index (κ3) is 3.36. The molecule has 0 unspecified atom stereocenters. The Hall–Kier alpha value is -1.36. The van der Waals surface area contributed by atoms with Crippen molar-refractivity contribution in [3.8, 4) is 0 Å². The predicted octanol–water partition coefficient (Wildman–Crippen LogP) is 2.10. The van der Waals surface area contributed by atoms with E-state index < -0.39 is 10.1 Å². The molecule has 0 aromatic heterocycles. The van der Waals surface area contributed by atoms with Crippen LogP contribution in [-0.4, -0.2) is 14.6 Å². The molecule has 0 saturated carbocycles. The Morgan fingerprint density at radius 1 is 1.33 bits per heavy atom. The summed E-state index contributed by atoms with van der Waals surface area (Å²) in [7, 11) is -3.75. The van der Waals surface area contributed by atoms with Gasteiger partial charge in [-0.2, -0.15) is 8.42 Å². The van der Waals surface area contributed by atoms with Gasteiger partial charge in [0.05, 0.1) is 0 Å². The van der Waals surface area contributed by atoms with Crippen LogP contribution in [-0.2, 0) is 14.4 Å². The summed E-state index contributed by atoms with van der Waals surface area (Å²) in [5.41, 5.74) is 0.992. The molecule has 15 heavy (non-hydrogen) atoms. The van der Waals surface area contributed by atoms with Gasteiger partial charge in [-0.15, -0.1) is 0 Å². The van der Waals surface area contributed by atoms with Gasteiger partial charge in [-0.1, -0.05) is 29.8 Å². The van der Waals surface area contributed by atoms with Crippen molar-refractivity contribution in [1.29, 1.82) is 0 Å². The Balaban J connectivity index is 2.87. The van der Waals surface area contributed by atoms with Gasteiger partial charge in [-0.25, -0.2) is 0 Å². The summed E-state index contributed by atoms with van der Waals surface area (Å²) in [6.45, 7) is 3.72. The van der Waals surface area contributed by atoms with Crippen molar-refractivity contribution in [2.24, 2.45) is 5.16 Å². The molecule has 0 aliphatic heterocycles. The van der Waals surface area contributed by atoms with E-state index in [9.17, 15) is 8.42 Å². The molecule has 0 spiro atoms. The normalized spacial score (nSPS) is 11.9. The molecule has 5 heteroatoms. The SMILES string of the molecule is CCC=NOS(=O)(=O)c1ccc(C)cc1. The van der Waals surface area contributed by atoms with Crippen LogP contribution in [0.25, 0.3) is 0 Å². The van der Waals surface area contributed by atoms with E-state index in [1.807, 2.05) is 13.8 Å². The highest BCUT2D eigenvalue weighted by Crippen LogP contribution is 2.13. The highest BCUT2D eigenvalue weighted by Gasteiger charge is 2.14. The van der Waals surface area contributed by atoms with Crippen LogP contribution in [0.5, 0.6) is 0 Å². The quantitative estimate of drug-likeness (QED) is 0.584. The molecule has 0 amide bonds. The first kappa shape index (κ1) is 11.7. The van der Waals surface area contributed by atoms with Crippen molar-refractivity contribution < 1.29 is 12.7 Å². The predicted molar refractivity (Wildman–Crippen MR) is 58.2 cm³/mol. The van der Waals surface area contributed by atoms with Gasteiger partial charge in [0.25, 0.3) is 0 Å². The zero-order chi connectivity index (χ0) is 11.3. The van der Waals surface area contributed by atoms with Crippen LogP contribution in [0.15, 0.2) is 34.3 Å². The van der Waals surface area contributed by atoms with Gasteiger partial charge in [0.2, 0.25) is 0 Å². The monoisotopic (exact) mass is 227 g/mol. The third-order valence-corrected chi connectivity index (χ3v) is 2.84. The number of benzene rings is 1. The van der Waals surface area contributed by atoms with Gasteiger partial charge in [0.1, 0.15) is 4.90 Å². The fourth-order valence-corrected chi connectivity index (χ4v) is 1.64. The molecule has 0 bridgehead atoms. The fraction of sp³-hybridized carbons (Fsp3) is 0.300. The summed E-state index contributed by atoms with van der Waals surface area (Å²) < 4.78 is 27.4. The molecule has 0 aliphatic carbocycles. The minimum atomic E-state index is -3.75. The molecule has 0 N–H and O–H groups in total. The van der Waals surface area contributed by atoms with Crippen LogP contribution in [0.4, 0.5) is 0 Å². The lowest BCUT2D eigenvalue weighted by Crippen LogP contribution is -2.02. The zero-order valence-corrected chi connectivity index (χ0v) is 9.49. The molecule has 4 nitrogen and oxygen atoms in total. The van der Waals surface area contributed by atoms with Crippen molar-refractivity contribution in [3.05, 3.63) is 29.8 Å². The number of aryl methyl sites for hydroxylation is 1. The Morgan fingerprint density at radius 2 is 1.93 bits per heavy atom. The van der Waals surface area contributed by atoms with E-state index in [-0.39, 0.29) is 4.90 Å². The van der Waals surface area contributed by atoms with E-state index >= 15 is 0 Å². The molecular formula is C10H13NO3S. The van der Waals surface area contributed by atoms with Gasteiger partial charge < -0.3 is 0 Å². The highest BCUT2D eigenvalue weighted by atomic mass is 32.2. The molecular weight excluding hydrogens is 214 g/mol. The minimum absolute atomic E-state index is 0.112. The number of hydrogen-bond donors (Lipinski definition) is 0. The van der Waals surface area contributed by atoms with Gasteiger partial charge in [-0.3, -0.25) is 4.28 Å². The number of hydrogen-bond acceptors (Lipinski definition) is 4. The fourth-order valence-electron chi connectivity index (χ4n) is 0.910. The average molecular weight is 227 g/mol. The van der Waals surface area contributed by atoms with Gasteiger partial charge in [-0.05, 0) is 25.5 Å². The summed E-state index contributed by atoms with van der Waals surface area (Å²) in [5.74, 6) is 0. The van der Waals surface area contributed by atoms with Crippen molar-refractivity contribution in [2.45, 2.75) is 25.2 Å². The standard InChI is InChI=1S/C10H13NO3S/c1-3-8-11-14-15(12,13)10-6-4-9(2)5-7-10/h4-8H,3H2,1-2H3. The molecule has 1 rings (SSSR count). The smallest absolute Gasteiger partial charge is 0.265 e. The van der Waals surface area contributed by atoms with Crippen LogP contribution in [0.1, 0.15) is 18.9 Å². The maximum absolute atomic E-state index is 11.5.